The van der Waals surface area contributed by atoms with Gasteiger partial charge in [-0.1, -0.05) is 12.1 Å². The molecule has 0 amide bonds. The molecule has 1 aromatic carbocycles. The summed E-state index contributed by atoms with van der Waals surface area (Å²) in [6, 6.07) is 8.98. The molecule has 0 aliphatic carbocycles. The van der Waals surface area contributed by atoms with Crippen molar-refractivity contribution in [1.82, 2.24) is 10.2 Å². The number of hydrogen-bond donors (Lipinski definition) is 1. The Morgan fingerprint density at radius 1 is 1.37 bits per heavy atom. The molecule has 3 heteroatoms. The van der Waals surface area contributed by atoms with Gasteiger partial charge < -0.3 is 10.1 Å². The lowest BCUT2D eigenvalue weighted by molar-refractivity contribution is 0.131. The average Bonchev–Trinajstić information content (AvgIpc) is 2.47. The van der Waals surface area contributed by atoms with Crippen molar-refractivity contribution in [3.05, 3.63) is 29.8 Å². The zero-order chi connectivity index (χ0) is 13.7. The molecular formula is C16H26N2O. The van der Waals surface area contributed by atoms with Crippen molar-refractivity contribution >= 4 is 0 Å². The monoisotopic (exact) mass is 262 g/mol. The Labute approximate surface area is 116 Å². The van der Waals surface area contributed by atoms with Gasteiger partial charge >= 0.3 is 0 Å². The summed E-state index contributed by atoms with van der Waals surface area (Å²) in [5, 5.41) is 3.31. The third-order valence-electron chi connectivity index (χ3n) is 4.19. The van der Waals surface area contributed by atoms with E-state index in [9.17, 15) is 0 Å². The highest BCUT2D eigenvalue weighted by Crippen LogP contribution is 2.27. The summed E-state index contributed by atoms with van der Waals surface area (Å²) in [6.07, 6.45) is 2.67. The first-order valence-electron chi connectivity index (χ1n) is 7.27. The lowest BCUT2D eigenvalue weighted by atomic mass is 9.95. The molecule has 19 heavy (non-hydrogen) atoms. The molecule has 1 N–H and O–H groups in total. The fourth-order valence-electron chi connectivity index (χ4n) is 3.00. The van der Waals surface area contributed by atoms with Gasteiger partial charge in [0.25, 0.3) is 0 Å². The first kappa shape index (κ1) is 14.4. The van der Waals surface area contributed by atoms with Gasteiger partial charge in [-0.3, -0.25) is 4.90 Å². The average molecular weight is 262 g/mol. The smallest absolute Gasteiger partial charge is 0.118 e. The molecule has 1 aliphatic heterocycles. The molecular weight excluding hydrogens is 236 g/mol. The first-order valence-corrected chi connectivity index (χ1v) is 7.27. The minimum absolute atomic E-state index is 0.491. The van der Waals surface area contributed by atoms with Crippen LogP contribution in [0.1, 0.15) is 31.4 Å². The molecule has 1 aromatic rings. The predicted molar refractivity (Wildman–Crippen MR) is 79.6 cm³/mol. The van der Waals surface area contributed by atoms with Gasteiger partial charge in [-0.2, -0.15) is 0 Å². The van der Waals surface area contributed by atoms with Crippen molar-refractivity contribution in [3.8, 4) is 5.75 Å². The topological polar surface area (TPSA) is 24.5 Å². The third-order valence-corrected chi connectivity index (χ3v) is 4.19. The van der Waals surface area contributed by atoms with Crippen molar-refractivity contribution in [3.63, 3.8) is 0 Å². The maximum Gasteiger partial charge on any atom is 0.118 e. The predicted octanol–water partition coefficient (Wildman–Crippen LogP) is 2.69. The number of likely N-dealkylation sites (tertiary alicyclic amines) is 1. The molecule has 2 unspecified atom stereocenters. The van der Waals surface area contributed by atoms with Crippen LogP contribution in [0.25, 0.3) is 0 Å². The minimum Gasteiger partial charge on any atom is -0.497 e. The Hall–Kier alpha value is -1.06. The molecule has 1 fully saturated rings. The van der Waals surface area contributed by atoms with Gasteiger partial charge in [-0.25, -0.2) is 0 Å². The molecule has 1 heterocycles. The summed E-state index contributed by atoms with van der Waals surface area (Å²) < 4.78 is 5.22. The summed E-state index contributed by atoms with van der Waals surface area (Å²) in [5.41, 5.74) is 1.38. The number of hydrogen-bond acceptors (Lipinski definition) is 3. The van der Waals surface area contributed by atoms with Crippen molar-refractivity contribution in [2.75, 3.05) is 33.8 Å². The third kappa shape index (κ3) is 3.71. The summed E-state index contributed by atoms with van der Waals surface area (Å²) in [5.74, 6) is 1.72. The lowest BCUT2D eigenvalue weighted by Crippen LogP contribution is -2.40. The van der Waals surface area contributed by atoms with E-state index in [1.165, 1.54) is 31.5 Å². The van der Waals surface area contributed by atoms with Gasteiger partial charge in [0.2, 0.25) is 0 Å². The number of nitrogens with one attached hydrogen (secondary N) is 1. The van der Waals surface area contributed by atoms with Crippen molar-refractivity contribution < 1.29 is 4.74 Å². The molecule has 0 aromatic heterocycles. The Balaban J connectivity index is 1.99. The standard InChI is InChI=1S/C16H26N2O/c1-13(15-6-8-16(19-3)9-7-15)18-10-4-5-14(12-18)11-17-2/h6-9,13-14,17H,4-5,10-12H2,1-3H3. The van der Waals surface area contributed by atoms with Crippen LogP contribution in [0.15, 0.2) is 24.3 Å². The number of methoxy groups -OCH3 is 1. The molecule has 0 spiro atoms. The number of ether oxygens (including phenoxy) is 1. The molecule has 106 valence electrons. The van der Waals surface area contributed by atoms with Crippen LogP contribution in [0.5, 0.6) is 5.75 Å². The second-order valence-electron chi connectivity index (χ2n) is 5.51. The first-order chi connectivity index (χ1) is 9.24. The summed E-state index contributed by atoms with van der Waals surface area (Å²) >= 11 is 0. The Kier molecular flexibility index (Phi) is 5.23. The van der Waals surface area contributed by atoms with E-state index in [4.69, 9.17) is 4.74 Å². The second-order valence-corrected chi connectivity index (χ2v) is 5.51. The molecule has 2 atom stereocenters. The Bertz CT molecular complexity index is 375. The highest BCUT2D eigenvalue weighted by Gasteiger charge is 2.23. The molecule has 0 saturated carbocycles. The summed E-state index contributed by atoms with van der Waals surface area (Å²) in [7, 11) is 3.76. The molecule has 3 nitrogen and oxygen atoms in total. The van der Waals surface area contributed by atoms with E-state index in [2.05, 4.69) is 41.4 Å². The summed E-state index contributed by atoms with van der Waals surface area (Å²) in [4.78, 5) is 2.60. The van der Waals surface area contributed by atoms with E-state index < -0.39 is 0 Å². The summed E-state index contributed by atoms with van der Waals surface area (Å²) in [6.45, 7) is 5.86. The Morgan fingerprint density at radius 2 is 2.11 bits per heavy atom. The van der Waals surface area contributed by atoms with E-state index in [1.807, 2.05) is 7.05 Å². The van der Waals surface area contributed by atoms with Gasteiger partial charge in [0, 0.05) is 12.6 Å². The quantitative estimate of drug-likeness (QED) is 0.883. The van der Waals surface area contributed by atoms with Crippen LogP contribution in [0, 0.1) is 5.92 Å². The lowest BCUT2D eigenvalue weighted by Gasteiger charge is -2.37. The van der Waals surface area contributed by atoms with E-state index >= 15 is 0 Å². The van der Waals surface area contributed by atoms with E-state index in [0.717, 1.165) is 18.2 Å². The number of nitrogens with zero attached hydrogens (tertiary/aromatic N) is 1. The Morgan fingerprint density at radius 3 is 2.74 bits per heavy atom. The highest BCUT2D eigenvalue weighted by atomic mass is 16.5. The molecule has 0 radical (unpaired) electrons. The van der Waals surface area contributed by atoms with E-state index in [1.54, 1.807) is 7.11 Å². The van der Waals surface area contributed by atoms with Crippen LogP contribution >= 0.6 is 0 Å². The molecule has 0 bridgehead atoms. The molecule has 1 saturated heterocycles. The maximum absolute atomic E-state index is 5.22. The van der Waals surface area contributed by atoms with Crippen LogP contribution < -0.4 is 10.1 Å². The van der Waals surface area contributed by atoms with Gasteiger partial charge in [-0.15, -0.1) is 0 Å². The highest BCUT2D eigenvalue weighted by molar-refractivity contribution is 5.28. The van der Waals surface area contributed by atoms with Crippen LogP contribution in [0.4, 0.5) is 0 Å². The molecule has 2 rings (SSSR count). The van der Waals surface area contributed by atoms with Crippen molar-refractivity contribution in [2.45, 2.75) is 25.8 Å². The normalized spacial score (nSPS) is 22.2. The van der Waals surface area contributed by atoms with Gasteiger partial charge in [0.15, 0.2) is 0 Å². The van der Waals surface area contributed by atoms with Crippen LogP contribution in [0.3, 0.4) is 0 Å². The zero-order valence-electron chi connectivity index (χ0n) is 12.4. The fraction of sp³-hybridized carbons (Fsp3) is 0.625. The zero-order valence-corrected chi connectivity index (χ0v) is 12.4. The number of rotatable bonds is 5. The van der Waals surface area contributed by atoms with Gasteiger partial charge in [0.05, 0.1) is 7.11 Å². The van der Waals surface area contributed by atoms with Crippen LogP contribution in [0.2, 0.25) is 0 Å². The number of piperidine rings is 1. The van der Waals surface area contributed by atoms with E-state index in [0.29, 0.717) is 6.04 Å². The molecule has 1 aliphatic rings. The number of benzene rings is 1. The maximum atomic E-state index is 5.22. The largest absolute Gasteiger partial charge is 0.497 e. The van der Waals surface area contributed by atoms with Crippen LogP contribution in [-0.4, -0.2) is 38.7 Å². The van der Waals surface area contributed by atoms with Gasteiger partial charge in [-0.05, 0) is 63.5 Å². The van der Waals surface area contributed by atoms with Gasteiger partial charge in [0.1, 0.15) is 5.75 Å². The van der Waals surface area contributed by atoms with Crippen molar-refractivity contribution in [1.29, 1.82) is 0 Å². The van der Waals surface area contributed by atoms with Crippen molar-refractivity contribution in [2.24, 2.45) is 5.92 Å². The fourth-order valence-corrected chi connectivity index (χ4v) is 3.00. The SMILES string of the molecule is CNCC1CCCN(C(C)c2ccc(OC)cc2)C1. The second kappa shape index (κ2) is 6.92. The minimum atomic E-state index is 0.491. The van der Waals surface area contributed by atoms with Crippen LogP contribution in [-0.2, 0) is 0 Å². The van der Waals surface area contributed by atoms with E-state index in [-0.39, 0.29) is 0 Å².